The van der Waals surface area contributed by atoms with E-state index in [-0.39, 0.29) is 0 Å². The minimum Gasteiger partial charge on any atom is -0.465 e. The molecule has 0 aliphatic heterocycles. The van der Waals surface area contributed by atoms with Crippen molar-refractivity contribution in [2.75, 3.05) is 17.7 Å². The fourth-order valence-corrected chi connectivity index (χ4v) is 5.22. The van der Waals surface area contributed by atoms with Crippen molar-refractivity contribution in [2.45, 2.75) is 6.54 Å². The lowest BCUT2D eigenvalue weighted by molar-refractivity contribution is 0.0606. The number of carbonyl (C=O) groups is 1. The lowest BCUT2D eigenvalue weighted by atomic mass is 10.2. The highest BCUT2D eigenvalue weighted by atomic mass is 35.5. The largest absolute Gasteiger partial charge is 0.465 e. The van der Waals surface area contributed by atoms with Crippen LogP contribution in [0.5, 0.6) is 0 Å². The summed E-state index contributed by atoms with van der Waals surface area (Å²) in [5.74, 6) is -0.0681. The zero-order chi connectivity index (χ0) is 23.7. The number of aromatic nitrogens is 2. The number of anilines is 2. The van der Waals surface area contributed by atoms with E-state index < -0.39 is 5.97 Å². The van der Waals surface area contributed by atoms with E-state index in [1.54, 1.807) is 29.1 Å². The third-order valence-corrected chi connectivity index (χ3v) is 7.39. The minimum atomic E-state index is -0.473. The van der Waals surface area contributed by atoms with E-state index >= 15 is 0 Å². The zero-order valence-electron chi connectivity index (χ0n) is 16.8. The topological polar surface area (TPSA) is 68.2 Å². The van der Waals surface area contributed by atoms with Gasteiger partial charge in [-0.3, -0.25) is 4.68 Å². The summed E-state index contributed by atoms with van der Waals surface area (Å²) in [4.78, 5) is 12.2. The highest BCUT2D eigenvalue weighted by Crippen LogP contribution is 2.37. The second kappa shape index (κ2) is 10.0. The van der Waals surface area contributed by atoms with Gasteiger partial charge in [-0.2, -0.15) is 5.10 Å². The number of rotatable bonds is 5. The maximum absolute atomic E-state index is 11.9. The molecule has 12 heteroatoms. The Morgan fingerprint density at radius 2 is 1.88 bits per heavy atom. The lowest BCUT2D eigenvalue weighted by Gasteiger charge is -2.09. The number of halogens is 4. The second-order valence-electron chi connectivity index (χ2n) is 6.80. The Labute approximate surface area is 218 Å². The van der Waals surface area contributed by atoms with Gasteiger partial charge in [-0.15, -0.1) is 11.3 Å². The number of nitrogens with zero attached hydrogens (tertiary/aromatic N) is 2. The highest BCUT2D eigenvalue weighted by Gasteiger charge is 2.18. The summed E-state index contributed by atoms with van der Waals surface area (Å²) in [5, 5.41) is 13.3. The summed E-state index contributed by atoms with van der Waals surface area (Å²) in [7, 11) is 1.32. The molecule has 0 radical (unpaired) electrons. The van der Waals surface area contributed by atoms with Crippen LogP contribution in [-0.2, 0) is 11.3 Å². The van der Waals surface area contributed by atoms with Crippen molar-refractivity contribution in [1.29, 1.82) is 0 Å². The molecule has 170 valence electrons. The monoisotopic (exact) mass is 558 g/mol. The Kier molecular flexibility index (Phi) is 7.33. The molecule has 2 heterocycles. The maximum atomic E-state index is 11.9. The summed E-state index contributed by atoms with van der Waals surface area (Å²) < 4.78 is 7.26. The molecule has 2 aromatic heterocycles. The van der Waals surface area contributed by atoms with Gasteiger partial charge < -0.3 is 15.4 Å². The number of nitrogens with one attached hydrogen (secondary N) is 2. The predicted molar refractivity (Wildman–Crippen MR) is 141 cm³/mol. The highest BCUT2D eigenvalue weighted by molar-refractivity contribution is 7.80. The molecule has 0 aliphatic carbocycles. The maximum Gasteiger partial charge on any atom is 0.349 e. The van der Waals surface area contributed by atoms with Crippen LogP contribution in [0.3, 0.4) is 0 Å². The average molecular weight is 560 g/mol. The van der Waals surface area contributed by atoms with Gasteiger partial charge >= 0.3 is 5.97 Å². The van der Waals surface area contributed by atoms with Gasteiger partial charge in [0.05, 0.1) is 28.7 Å². The van der Waals surface area contributed by atoms with Crippen molar-refractivity contribution in [3.63, 3.8) is 0 Å². The minimum absolute atomic E-state index is 0.298. The van der Waals surface area contributed by atoms with Crippen molar-refractivity contribution in [3.8, 4) is 0 Å². The van der Waals surface area contributed by atoms with Crippen molar-refractivity contribution in [3.05, 3.63) is 73.1 Å². The van der Waals surface area contributed by atoms with Crippen LogP contribution in [0.25, 0.3) is 10.1 Å². The summed E-state index contributed by atoms with van der Waals surface area (Å²) >= 11 is 31.3. The first-order valence-electron chi connectivity index (χ1n) is 9.30. The van der Waals surface area contributed by atoms with Crippen molar-refractivity contribution in [2.24, 2.45) is 0 Å². The third-order valence-electron chi connectivity index (χ3n) is 4.54. The van der Waals surface area contributed by atoms with E-state index in [0.717, 1.165) is 15.6 Å². The normalized spacial score (nSPS) is 10.9. The zero-order valence-corrected chi connectivity index (χ0v) is 21.4. The van der Waals surface area contributed by atoms with Crippen LogP contribution in [-0.4, -0.2) is 28.0 Å². The molecule has 2 aromatic carbocycles. The van der Waals surface area contributed by atoms with Gasteiger partial charge in [0.15, 0.2) is 10.9 Å². The van der Waals surface area contributed by atoms with Crippen molar-refractivity contribution < 1.29 is 9.53 Å². The van der Waals surface area contributed by atoms with Crippen LogP contribution in [0.4, 0.5) is 11.5 Å². The van der Waals surface area contributed by atoms with Gasteiger partial charge in [0, 0.05) is 22.0 Å². The van der Waals surface area contributed by atoms with Crippen LogP contribution < -0.4 is 10.6 Å². The number of thiocarbonyl (C=S) groups is 1. The number of methoxy groups -OCH3 is 1. The molecule has 0 saturated heterocycles. The molecule has 4 rings (SSSR count). The van der Waals surface area contributed by atoms with Gasteiger partial charge in [-0.25, -0.2) is 4.79 Å². The number of hydrogen-bond donors (Lipinski definition) is 2. The number of hydrogen-bond acceptors (Lipinski definition) is 5. The van der Waals surface area contributed by atoms with E-state index in [2.05, 4.69) is 15.7 Å². The molecule has 0 spiro atoms. The van der Waals surface area contributed by atoms with E-state index in [0.29, 0.717) is 48.1 Å². The molecule has 0 atom stereocenters. The van der Waals surface area contributed by atoms with E-state index in [1.807, 2.05) is 18.2 Å². The van der Waals surface area contributed by atoms with Gasteiger partial charge in [0.25, 0.3) is 0 Å². The average Bonchev–Trinajstić information content (AvgIpc) is 3.28. The molecule has 0 fully saturated rings. The molecule has 33 heavy (non-hydrogen) atoms. The number of fused-ring (bicyclic) bond motifs is 1. The summed E-state index contributed by atoms with van der Waals surface area (Å²) in [6.07, 6.45) is 1.68. The molecule has 4 aromatic rings. The van der Waals surface area contributed by atoms with E-state index in [9.17, 15) is 4.79 Å². The van der Waals surface area contributed by atoms with Crippen LogP contribution in [0.2, 0.25) is 20.1 Å². The Morgan fingerprint density at radius 3 is 2.61 bits per heavy atom. The Bertz CT molecular complexity index is 1390. The molecule has 0 unspecified atom stereocenters. The van der Waals surface area contributed by atoms with Gasteiger partial charge in [0.1, 0.15) is 9.90 Å². The van der Waals surface area contributed by atoms with E-state index in [1.165, 1.54) is 18.4 Å². The Hall–Kier alpha value is -2.07. The SMILES string of the molecule is COC(=O)c1sc2cc(NC(=S)Nc3nn(Cc4ccc(Cl)c(Cl)c4)cc3Cl)ccc2c1Cl. The standard InChI is InChI=1S/C21H14Cl4N4O2S2/c1-31-20(30)18-17(25)12-4-3-11(7-16(12)33-18)26-21(32)27-19-15(24)9-29(28-19)8-10-2-5-13(22)14(23)6-10/h2-7,9H,8H2,1H3,(H2,26,27,28,32). The summed E-state index contributed by atoms with van der Waals surface area (Å²) in [6, 6.07) is 10.8. The number of benzene rings is 2. The molecule has 0 bridgehead atoms. The molecular formula is C21H14Cl4N4O2S2. The molecular weight excluding hydrogens is 546 g/mol. The number of esters is 1. The van der Waals surface area contributed by atoms with Crippen molar-refractivity contribution in [1.82, 2.24) is 9.78 Å². The first-order chi connectivity index (χ1) is 15.7. The van der Waals surface area contributed by atoms with E-state index in [4.69, 9.17) is 63.4 Å². The predicted octanol–water partition coefficient (Wildman–Crippen LogP) is 7.36. The second-order valence-corrected chi connectivity index (χ2v) is 9.86. The number of thiophene rings is 1. The third kappa shape index (κ3) is 5.37. The Morgan fingerprint density at radius 1 is 1.09 bits per heavy atom. The van der Waals surface area contributed by atoms with Crippen LogP contribution in [0.1, 0.15) is 15.2 Å². The van der Waals surface area contributed by atoms with Crippen LogP contribution in [0, 0.1) is 0 Å². The summed E-state index contributed by atoms with van der Waals surface area (Å²) in [5.41, 5.74) is 1.63. The molecule has 0 saturated carbocycles. The quantitative estimate of drug-likeness (QED) is 0.197. The smallest absolute Gasteiger partial charge is 0.349 e. The lowest BCUT2D eigenvalue weighted by Crippen LogP contribution is -2.19. The van der Waals surface area contributed by atoms with Crippen molar-refractivity contribution >= 4 is 103 Å². The number of carbonyl (C=O) groups excluding carboxylic acids is 1. The fraction of sp³-hybridized carbons (Fsp3) is 0.0952. The fourth-order valence-electron chi connectivity index (χ4n) is 3.02. The first-order valence-corrected chi connectivity index (χ1v) is 12.0. The van der Waals surface area contributed by atoms with Gasteiger partial charge in [-0.05, 0) is 48.1 Å². The van der Waals surface area contributed by atoms with Crippen LogP contribution >= 0.6 is 70.0 Å². The molecule has 0 amide bonds. The van der Waals surface area contributed by atoms with Crippen LogP contribution in [0.15, 0.2) is 42.6 Å². The number of ether oxygens (including phenoxy) is 1. The van der Waals surface area contributed by atoms with Gasteiger partial charge in [-0.1, -0.05) is 52.5 Å². The summed E-state index contributed by atoms with van der Waals surface area (Å²) in [6.45, 7) is 0.455. The first kappa shape index (κ1) is 24.1. The molecule has 2 N–H and O–H groups in total. The Balaban J connectivity index is 1.46. The molecule has 0 aliphatic rings. The molecule has 6 nitrogen and oxygen atoms in total. The van der Waals surface area contributed by atoms with Gasteiger partial charge in [0.2, 0.25) is 0 Å².